The summed E-state index contributed by atoms with van der Waals surface area (Å²) in [7, 11) is -3.69. The zero-order chi connectivity index (χ0) is 23.6. The molecule has 1 aliphatic rings. The maximum Gasteiger partial charge on any atom is 0.248 e. The van der Waals surface area contributed by atoms with E-state index in [0.717, 1.165) is 17.8 Å². The first-order valence-corrected chi connectivity index (χ1v) is 13.1. The molecule has 11 heteroatoms. The van der Waals surface area contributed by atoms with Gasteiger partial charge >= 0.3 is 0 Å². The summed E-state index contributed by atoms with van der Waals surface area (Å²) in [6.07, 6.45) is 0.735. The van der Waals surface area contributed by atoms with E-state index in [9.17, 15) is 13.2 Å². The Bertz CT molecular complexity index is 1210. The van der Waals surface area contributed by atoms with Gasteiger partial charge in [-0.05, 0) is 26.3 Å². The number of carbonyl (C=O) groups excluding carboxylic acids is 1. The molecule has 0 unspecified atom stereocenters. The van der Waals surface area contributed by atoms with Crippen molar-refractivity contribution in [3.63, 3.8) is 0 Å². The third-order valence-corrected chi connectivity index (χ3v) is 8.67. The molecule has 0 aliphatic carbocycles. The van der Waals surface area contributed by atoms with Crippen LogP contribution in [0.3, 0.4) is 0 Å². The Balaban J connectivity index is 1.31. The quantitative estimate of drug-likeness (QED) is 0.508. The summed E-state index contributed by atoms with van der Waals surface area (Å²) in [5, 5.41) is 4.46. The van der Waals surface area contributed by atoms with Crippen LogP contribution in [0, 0.1) is 20.8 Å². The topological polar surface area (TPSA) is 112 Å². The van der Waals surface area contributed by atoms with Crippen LogP contribution in [0.1, 0.15) is 28.4 Å². The number of amides is 1. The first-order valence-electron chi connectivity index (χ1n) is 10.7. The monoisotopic (exact) mass is 489 g/mol. The minimum atomic E-state index is -3.69. The molecule has 0 atom stereocenters. The Kier molecular flexibility index (Phi) is 6.91. The van der Waals surface area contributed by atoms with Crippen LogP contribution < -0.4 is 0 Å². The van der Waals surface area contributed by atoms with E-state index in [0.29, 0.717) is 23.9 Å². The van der Waals surface area contributed by atoms with E-state index in [1.54, 1.807) is 18.7 Å². The Morgan fingerprint density at radius 3 is 2.45 bits per heavy atom. The van der Waals surface area contributed by atoms with Gasteiger partial charge in [-0.15, -0.1) is 0 Å². The van der Waals surface area contributed by atoms with Crippen molar-refractivity contribution in [3.05, 3.63) is 58.7 Å². The molecule has 1 saturated heterocycles. The third kappa shape index (κ3) is 5.15. The van der Waals surface area contributed by atoms with Gasteiger partial charge in [-0.2, -0.15) is 4.31 Å². The largest absolute Gasteiger partial charge is 0.360 e. The number of aromatic amines is 1. The SMILES string of the molecule is Cc1noc(C)c1S(=O)(=O)N1CCN(C(=O)CSc2nc(Cc3ccccc3)c(C)[nH]2)CC1. The van der Waals surface area contributed by atoms with Crippen molar-refractivity contribution in [1.82, 2.24) is 24.3 Å². The van der Waals surface area contributed by atoms with E-state index in [1.165, 1.54) is 21.6 Å². The second-order valence-electron chi connectivity index (χ2n) is 8.00. The third-order valence-electron chi connectivity index (χ3n) is 5.67. The van der Waals surface area contributed by atoms with Crippen LogP contribution >= 0.6 is 11.8 Å². The molecule has 1 aromatic carbocycles. The van der Waals surface area contributed by atoms with Gasteiger partial charge in [0.25, 0.3) is 0 Å². The smallest absolute Gasteiger partial charge is 0.248 e. The van der Waals surface area contributed by atoms with Crippen molar-refractivity contribution in [2.24, 2.45) is 0 Å². The number of nitrogens with one attached hydrogen (secondary N) is 1. The summed E-state index contributed by atoms with van der Waals surface area (Å²) >= 11 is 1.37. The van der Waals surface area contributed by atoms with Gasteiger partial charge < -0.3 is 14.4 Å². The number of rotatable bonds is 7. The van der Waals surface area contributed by atoms with E-state index >= 15 is 0 Å². The molecule has 9 nitrogen and oxygen atoms in total. The summed E-state index contributed by atoms with van der Waals surface area (Å²) in [6, 6.07) is 10.1. The lowest BCUT2D eigenvalue weighted by atomic mass is 10.1. The fourth-order valence-electron chi connectivity index (χ4n) is 3.87. The second kappa shape index (κ2) is 9.70. The number of piperazine rings is 1. The molecule has 176 valence electrons. The van der Waals surface area contributed by atoms with Gasteiger partial charge in [-0.25, -0.2) is 13.4 Å². The molecule has 3 aromatic rings. The Hall–Kier alpha value is -2.63. The first kappa shape index (κ1) is 23.5. The fourth-order valence-corrected chi connectivity index (χ4v) is 6.42. The standard InChI is InChI=1S/C22H27N5O4S2/c1-15-19(13-18-7-5-4-6-8-18)24-22(23-15)32-14-20(28)26-9-11-27(12-10-26)33(29,30)21-16(2)25-31-17(21)3/h4-8H,9-14H2,1-3H3,(H,23,24). The molecule has 1 N–H and O–H groups in total. The minimum absolute atomic E-state index is 0.0342. The Morgan fingerprint density at radius 1 is 1.12 bits per heavy atom. The van der Waals surface area contributed by atoms with E-state index in [4.69, 9.17) is 4.52 Å². The van der Waals surface area contributed by atoms with Gasteiger partial charge in [0.2, 0.25) is 15.9 Å². The minimum Gasteiger partial charge on any atom is -0.360 e. The van der Waals surface area contributed by atoms with Crippen LogP contribution in [0.2, 0.25) is 0 Å². The number of carbonyl (C=O) groups is 1. The molecule has 3 heterocycles. The summed E-state index contributed by atoms with van der Waals surface area (Å²) < 4.78 is 32.3. The van der Waals surface area contributed by atoms with Crippen molar-refractivity contribution in [1.29, 1.82) is 0 Å². The molecule has 0 bridgehead atoms. The van der Waals surface area contributed by atoms with Crippen LogP contribution in [-0.4, -0.2) is 70.6 Å². The lowest BCUT2D eigenvalue weighted by Crippen LogP contribution is -2.51. The molecule has 1 aliphatic heterocycles. The van der Waals surface area contributed by atoms with Crippen molar-refractivity contribution in [3.8, 4) is 0 Å². The number of nitrogens with zero attached hydrogens (tertiary/aromatic N) is 4. The molecule has 33 heavy (non-hydrogen) atoms. The van der Waals surface area contributed by atoms with Gasteiger partial charge in [0, 0.05) is 38.3 Å². The van der Waals surface area contributed by atoms with Crippen LogP contribution in [0.25, 0.3) is 0 Å². The molecular formula is C22H27N5O4S2. The normalized spacial score (nSPS) is 15.2. The van der Waals surface area contributed by atoms with Crippen LogP contribution in [0.15, 0.2) is 44.9 Å². The van der Waals surface area contributed by atoms with Gasteiger partial charge in [0.15, 0.2) is 10.9 Å². The van der Waals surface area contributed by atoms with Gasteiger partial charge in [0.05, 0.1) is 11.4 Å². The predicted octanol–water partition coefficient (Wildman–Crippen LogP) is 2.54. The Labute approximate surface area is 197 Å². The van der Waals surface area contributed by atoms with Gasteiger partial charge in [-0.3, -0.25) is 4.79 Å². The zero-order valence-electron chi connectivity index (χ0n) is 18.9. The highest BCUT2D eigenvalue weighted by molar-refractivity contribution is 7.99. The molecule has 1 amide bonds. The number of hydrogen-bond donors (Lipinski definition) is 1. The van der Waals surface area contributed by atoms with E-state index in [-0.39, 0.29) is 35.4 Å². The lowest BCUT2D eigenvalue weighted by Gasteiger charge is -2.33. The second-order valence-corrected chi connectivity index (χ2v) is 10.8. The van der Waals surface area contributed by atoms with Gasteiger partial charge in [-0.1, -0.05) is 47.3 Å². The summed E-state index contributed by atoms with van der Waals surface area (Å²) in [5.41, 5.74) is 3.49. The number of aryl methyl sites for hydroxylation is 3. The van der Waals surface area contributed by atoms with Crippen molar-refractivity contribution >= 4 is 27.7 Å². The van der Waals surface area contributed by atoms with E-state index in [1.807, 2.05) is 25.1 Å². The highest BCUT2D eigenvalue weighted by Gasteiger charge is 2.34. The average Bonchev–Trinajstić information content (AvgIpc) is 3.33. The maximum absolute atomic E-state index is 12.9. The fraction of sp³-hybridized carbons (Fsp3) is 0.409. The van der Waals surface area contributed by atoms with Gasteiger partial charge in [0.1, 0.15) is 10.6 Å². The molecule has 0 spiro atoms. The van der Waals surface area contributed by atoms with Crippen LogP contribution in [-0.2, 0) is 21.2 Å². The summed E-state index contributed by atoms with van der Waals surface area (Å²) in [5.74, 6) is 0.491. The van der Waals surface area contributed by atoms with Crippen molar-refractivity contribution < 1.29 is 17.7 Å². The number of sulfonamides is 1. The number of imidazole rings is 1. The summed E-state index contributed by atoms with van der Waals surface area (Å²) in [6.45, 7) is 6.36. The number of thioether (sulfide) groups is 1. The molecule has 2 aromatic heterocycles. The Morgan fingerprint density at radius 2 is 1.82 bits per heavy atom. The van der Waals surface area contributed by atoms with E-state index in [2.05, 4.69) is 27.3 Å². The average molecular weight is 490 g/mol. The highest BCUT2D eigenvalue weighted by Crippen LogP contribution is 2.25. The van der Waals surface area contributed by atoms with E-state index < -0.39 is 10.0 Å². The predicted molar refractivity (Wildman–Crippen MR) is 125 cm³/mol. The number of H-pyrrole nitrogens is 1. The number of aromatic nitrogens is 3. The van der Waals surface area contributed by atoms with Crippen molar-refractivity contribution in [2.75, 3.05) is 31.9 Å². The summed E-state index contributed by atoms with van der Waals surface area (Å²) in [4.78, 5) is 22.4. The van der Waals surface area contributed by atoms with Crippen LogP contribution in [0.4, 0.5) is 0 Å². The number of benzene rings is 1. The first-order chi connectivity index (χ1) is 15.8. The molecule has 0 saturated carbocycles. The molecule has 1 fully saturated rings. The zero-order valence-corrected chi connectivity index (χ0v) is 20.5. The van der Waals surface area contributed by atoms with Crippen LogP contribution in [0.5, 0.6) is 0 Å². The highest BCUT2D eigenvalue weighted by atomic mass is 32.2. The lowest BCUT2D eigenvalue weighted by molar-refractivity contribution is -0.129. The molecular weight excluding hydrogens is 462 g/mol. The van der Waals surface area contributed by atoms with Crippen molar-refractivity contribution in [2.45, 2.75) is 37.2 Å². The maximum atomic E-state index is 12.9. The molecule has 4 rings (SSSR count). The number of hydrogen-bond acceptors (Lipinski definition) is 7. The molecule has 0 radical (unpaired) electrons.